The Labute approximate surface area is 116 Å². The average molecular weight is 284 g/mol. The third-order valence-corrected chi connectivity index (χ3v) is 3.51. The van der Waals surface area contributed by atoms with Crippen molar-refractivity contribution in [1.29, 1.82) is 0 Å². The molecule has 5 heteroatoms. The number of rotatable bonds is 5. The second-order valence-corrected chi connectivity index (χ2v) is 5.16. The van der Waals surface area contributed by atoms with Crippen LogP contribution in [-0.2, 0) is 20.9 Å². The third kappa shape index (κ3) is 3.41. The number of Topliss-reactive ketones (excluding diaryl/α,β-unsaturated/α-hetero) is 1. The maximum absolute atomic E-state index is 13.6. The van der Waals surface area contributed by atoms with Gasteiger partial charge in [-0.25, -0.2) is 8.78 Å². The molecule has 0 bridgehead atoms. The molecule has 1 aliphatic rings. The zero-order valence-electron chi connectivity index (χ0n) is 11.4. The van der Waals surface area contributed by atoms with Gasteiger partial charge in [-0.05, 0) is 5.56 Å². The third-order valence-electron chi connectivity index (χ3n) is 3.51. The average Bonchev–Trinajstić information content (AvgIpc) is 2.42. The van der Waals surface area contributed by atoms with Crippen molar-refractivity contribution in [3.63, 3.8) is 0 Å². The van der Waals surface area contributed by atoms with Crippen LogP contribution in [0.4, 0.5) is 8.78 Å². The van der Waals surface area contributed by atoms with Gasteiger partial charge < -0.3 is 9.47 Å². The first kappa shape index (κ1) is 15.1. The van der Waals surface area contributed by atoms with E-state index < -0.39 is 24.4 Å². The number of hydrogen-bond donors (Lipinski definition) is 0. The highest BCUT2D eigenvalue weighted by molar-refractivity contribution is 5.88. The number of halogens is 2. The zero-order valence-corrected chi connectivity index (χ0v) is 11.4. The molecule has 0 aliphatic heterocycles. The van der Waals surface area contributed by atoms with Gasteiger partial charge in [0, 0.05) is 26.4 Å². The molecule has 0 spiro atoms. The molecule has 1 atom stereocenters. The van der Waals surface area contributed by atoms with Crippen molar-refractivity contribution in [3.05, 3.63) is 35.9 Å². The number of benzene rings is 1. The van der Waals surface area contributed by atoms with Gasteiger partial charge in [0.05, 0.1) is 13.2 Å². The van der Waals surface area contributed by atoms with Crippen LogP contribution in [0.2, 0.25) is 0 Å². The van der Waals surface area contributed by atoms with E-state index in [1.807, 2.05) is 30.3 Å². The molecule has 0 aromatic heterocycles. The van der Waals surface area contributed by atoms with Gasteiger partial charge in [0.2, 0.25) is 0 Å². The molecule has 110 valence electrons. The summed E-state index contributed by atoms with van der Waals surface area (Å²) in [6, 6.07) is 9.17. The Balaban J connectivity index is 2.14. The molecule has 1 aromatic rings. The highest BCUT2D eigenvalue weighted by atomic mass is 19.3. The highest BCUT2D eigenvalue weighted by Crippen LogP contribution is 2.39. The van der Waals surface area contributed by atoms with E-state index in [0.717, 1.165) is 5.56 Å². The van der Waals surface area contributed by atoms with E-state index in [4.69, 9.17) is 9.47 Å². The van der Waals surface area contributed by atoms with Gasteiger partial charge in [-0.1, -0.05) is 30.3 Å². The van der Waals surface area contributed by atoms with Crippen LogP contribution in [0.3, 0.4) is 0 Å². The number of ketones is 1. The monoisotopic (exact) mass is 284 g/mol. The number of carbonyl (C=O) groups is 1. The van der Waals surface area contributed by atoms with Crippen LogP contribution >= 0.6 is 0 Å². The molecule has 0 amide bonds. The first-order chi connectivity index (χ1) is 9.47. The van der Waals surface area contributed by atoms with E-state index in [1.54, 1.807) is 0 Å². The number of carbonyl (C=O) groups excluding carboxylic acids is 1. The minimum Gasteiger partial charge on any atom is -0.381 e. The van der Waals surface area contributed by atoms with Crippen molar-refractivity contribution < 1.29 is 23.0 Å². The SMILES string of the molecule is COCC1(OCc2ccccc2)CC(F)(F)CCC1=O. The van der Waals surface area contributed by atoms with Crippen LogP contribution in [0.5, 0.6) is 0 Å². The van der Waals surface area contributed by atoms with Crippen LogP contribution in [0.25, 0.3) is 0 Å². The van der Waals surface area contributed by atoms with Gasteiger partial charge in [-0.2, -0.15) is 0 Å². The van der Waals surface area contributed by atoms with Crippen LogP contribution in [0.1, 0.15) is 24.8 Å². The molecule has 1 aromatic carbocycles. The van der Waals surface area contributed by atoms with E-state index >= 15 is 0 Å². The van der Waals surface area contributed by atoms with Gasteiger partial charge in [0.1, 0.15) is 0 Å². The summed E-state index contributed by atoms with van der Waals surface area (Å²) in [4.78, 5) is 12.1. The van der Waals surface area contributed by atoms with Crippen molar-refractivity contribution in [1.82, 2.24) is 0 Å². The highest BCUT2D eigenvalue weighted by Gasteiger charge is 2.52. The largest absolute Gasteiger partial charge is 0.381 e. The standard InChI is InChI=1S/C15H18F2O3/c1-19-11-14(10-15(16,17)8-7-13(14)18)20-9-12-5-3-2-4-6-12/h2-6H,7-11H2,1H3. The molecular formula is C15H18F2O3. The lowest BCUT2D eigenvalue weighted by Crippen LogP contribution is -2.53. The molecule has 0 radical (unpaired) electrons. The van der Waals surface area contributed by atoms with E-state index in [2.05, 4.69) is 0 Å². The van der Waals surface area contributed by atoms with E-state index in [-0.39, 0.29) is 25.4 Å². The summed E-state index contributed by atoms with van der Waals surface area (Å²) in [5.41, 5.74) is -0.698. The molecule has 2 rings (SSSR count). The Hall–Kier alpha value is -1.33. The molecular weight excluding hydrogens is 266 g/mol. The van der Waals surface area contributed by atoms with Gasteiger partial charge in [-0.3, -0.25) is 4.79 Å². The van der Waals surface area contributed by atoms with Crippen LogP contribution in [-0.4, -0.2) is 31.0 Å². The normalized spacial score (nSPS) is 25.6. The Bertz CT molecular complexity index is 461. The van der Waals surface area contributed by atoms with Crippen LogP contribution in [0.15, 0.2) is 30.3 Å². The maximum Gasteiger partial charge on any atom is 0.251 e. The molecule has 0 saturated heterocycles. The molecule has 1 aliphatic carbocycles. The predicted molar refractivity (Wildman–Crippen MR) is 69.6 cm³/mol. The molecule has 0 N–H and O–H groups in total. The molecule has 20 heavy (non-hydrogen) atoms. The van der Waals surface area contributed by atoms with E-state index in [9.17, 15) is 13.6 Å². The summed E-state index contributed by atoms with van der Waals surface area (Å²) < 4.78 is 37.8. The van der Waals surface area contributed by atoms with Crippen LogP contribution in [0, 0.1) is 0 Å². The first-order valence-electron chi connectivity index (χ1n) is 6.55. The van der Waals surface area contributed by atoms with Crippen molar-refractivity contribution in [2.45, 2.75) is 37.4 Å². The predicted octanol–water partition coefficient (Wildman–Crippen LogP) is 2.98. The maximum atomic E-state index is 13.6. The zero-order chi connectivity index (χ0) is 14.6. The summed E-state index contributed by atoms with van der Waals surface area (Å²) in [5.74, 6) is -3.19. The quantitative estimate of drug-likeness (QED) is 0.834. The first-order valence-corrected chi connectivity index (χ1v) is 6.55. The summed E-state index contributed by atoms with van der Waals surface area (Å²) in [6.45, 7) is -0.0275. The summed E-state index contributed by atoms with van der Waals surface area (Å²) in [5, 5.41) is 0. The second kappa shape index (κ2) is 5.97. The van der Waals surface area contributed by atoms with Crippen molar-refractivity contribution in [3.8, 4) is 0 Å². The summed E-state index contributed by atoms with van der Waals surface area (Å²) in [6.07, 6.45) is -1.20. The summed E-state index contributed by atoms with van der Waals surface area (Å²) >= 11 is 0. The molecule has 1 fully saturated rings. The molecule has 3 nitrogen and oxygen atoms in total. The Morgan fingerprint density at radius 2 is 1.95 bits per heavy atom. The van der Waals surface area contributed by atoms with Gasteiger partial charge in [0.25, 0.3) is 5.92 Å². The van der Waals surface area contributed by atoms with Gasteiger partial charge >= 0.3 is 0 Å². The number of alkyl halides is 2. The van der Waals surface area contributed by atoms with Gasteiger partial charge in [0.15, 0.2) is 11.4 Å². The van der Waals surface area contributed by atoms with E-state index in [1.165, 1.54) is 7.11 Å². The van der Waals surface area contributed by atoms with Crippen molar-refractivity contribution >= 4 is 5.78 Å². The minimum absolute atomic E-state index is 0.117. The topological polar surface area (TPSA) is 35.5 Å². The van der Waals surface area contributed by atoms with E-state index in [0.29, 0.717) is 0 Å². The lowest BCUT2D eigenvalue weighted by Gasteiger charge is -2.38. The lowest BCUT2D eigenvalue weighted by molar-refractivity contribution is -0.187. The van der Waals surface area contributed by atoms with Gasteiger partial charge in [-0.15, -0.1) is 0 Å². The Morgan fingerprint density at radius 3 is 2.60 bits per heavy atom. The smallest absolute Gasteiger partial charge is 0.251 e. The fourth-order valence-corrected chi connectivity index (χ4v) is 2.46. The summed E-state index contributed by atoms with van der Waals surface area (Å²) in [7, 11) is 1.38. The molecule has 1 saturated carbocycles. The second-order valence-electron chi connectivity index (χ2n) is 5.16. The lowest BCUT2D eigenvalue weighted by atomic mass is 9.81. The van der Waals surface area contributed by atoms with Crippen molar-refractivity contribution in [2.75, 3.05) is 13.7 Å². The molecule has 0 heterocycles. The van der Waals surface area contributed by atoms with Crippen LogP contribution < -0.4 is 0 Å². The number of hydrogen-bond acceptors (Lipinski definition) is 3. The molecule has 1 unspecified atom stereocenters. The van der Waals surface area contributed by atoms with Crippen molar-refractivity contribution in [2.24, 2.45) is 0 Å². The fraction of sp³-hybridized carbons (Fsp3) is 0.533. The fourth-order valence-electron chi connectivity index (χ4n) is 2.46. The number of ether oxygens (including phenoxy) is 2. The minimum atomic E-state index is -2.89. The Kier molecular flexibility index (Phi) is 4.50. The number of methoxy groups -OCH3 is 1. The Morgan fingerprint density at radius 1 is 1.25 bits per heavy atom.